The molecule has 1 atom stereocenters. The van der Waals surface area contributed by atoms with Gasteiger partial charge in [0.15, 0.2) is 11.5 Å². The lowest BCUT2D eigenvalue weighted by Crippen LogP contribution is -2.49. The first kappa shape index (κ1) is 38.4. The van der Waals surface area contributed by atoms with Crippen LogP contribution in [0.15, 0.2) is 60.8 Å². The highest BCUT2D eigenvalue weighted by atomic mass is 35.5. The second-order valence-electron chi connectivity index (χ2n) is 14.9. The number of carbonyl (C=O) groups is 3. The first-order valence-corrected chi connectivity index (χ1v) is 19.4. The summed E-state index contributed by atoms with van der Waals surface area (Å²) in [6.45, 7) is 5.31. The van der Waals surface area contributed by atoms with Gasteiger partial charge < -0.3 is 24.4 Å². The van der Waals surface area contributed by atoms with Gasteiger partial charge in [0.05, 0.1) is 27.9 Å². The summed E-state index contributed by atoms with van der Waals surface area (Å²) in [5.74, 6) is 1.63. The second kappa shape index (κ2) is 16.9. The van der Waals surface area contributed by atoms with Crippen LogP contribution in [0.3, 0.4) is 0 Å². The van der Waals surface area contributed by atoms with Gasteiger partial charge in [-0.1, -0.05) is 17.7 Å². The van der Waals surface area contributed by atoms with E-state index in [1.807, 2.05) is 18.2 Å². The maximum absolute atomic E-state index is 13.0. The van der Waals surface area contributed by atoms with Crippen molar-refractivity contribution in [1.29, 1.82) is 5.26 Å². The fraction of sp³-hybridized carbons (Fsp3) is 0.450. The van der Waals surface area contributed by atoms with Crippen LogP contribution in [0.2, 0.25) is 5.02 Å². The van der Waals surface area contributed by atoms with Crippen LogP contribution in [0.4, 0.5) is 16.3 Å². The van der Waals surface area contributed by atoms with Crippen LogP contribution in [0, 0.1) is 17.2 Å². The number of likely N-dealkylation sites (tertiary alicyclic amines) is 1. The minimum atomic E-state index is -0.359. The van der Waals surface area contributed by atoms with E-state index in [9.17, 15) is 14.4 Å². The van der Waals surface area contributed by atoms with Crippen molar-refractivity contribution in [2.24, 2.45) is 5.92 Å². The standard InChI is InChI=1S/C40H44ClN9O4.ClH/c41-33-22-31(7-4-27(33)23-42)54-30-8-5-28(6-9-30)43-39(52)34-10-11-37(46-45-34)48-18-12-26(13-19-48)24-47-17-14-29(25-47)49-20-15-32-35(49)2-1-3-36(32)50-21-16-38(51)44-40(50)53;/h1-4,7,10-11,15,20,22,26,28-30H,5-6,8-9,12-14,16-19,21,24-25H2,(H,43,52)(H,44,51,53);1H/t28-,29-,30-;/m0./s1. The molecule has 288 valence electrons. The third-order valence-corrected chi connectivity index (χ3v) is 11.7. The lowest BCUT2D eigenvalue weighted by Gasteiger charge is -2.34. The lowest BCUT2D eigenvalue weighted by atomic mass is 9.93. The zero-order valence-electron chi connectivity index (χ0n) is 30.5. The molecule has 3 aliphatic heterocycles. The number of halogens is 2. The van der Waals surface area contributed by atoms with Crippen molar-refractivity contribution in [3.8, 4) is 11.8 Å². The van der Waals surface area contributed by atoms with E-state index in [2.05, 4.69) is 59.6 Å². The number of nitrogens with zero attached hydrogens (tertiary/aromatic N) is 7. The van der Waals surface area contributed by atoms with Crippen molar-refractivity contribution in [3.05, 3.63) is 77.1 Å². The van der Waals surface area contributed by atoms with Crippen LogP contribution < -0.4 is 25.2 Å². The molecule has 2 aromatic heterocycles. The molecule has 13 nitrogen and oxygen atoms in total. The quantitative estimate of drug-likeness (QED) is 0.205. The summed E-state index contributed by atoms with van der Waals surface area (Å²) in [5, 5.41) is 24.8. The second-order valence-corrected chi connectivity index (χ2v) is 15.3. The SMILES string of the molecule is Cl.N#Cc1ccc(O[C@H]2CC[C@H](NC(=O)c3ccc(N4CCC(CN5CC[C@H](n6ccc7c(N8CCC(=O)NC8=O)cccc76)C5)CC4)nn3)CC2)cc1Cl. The smallest absolute Gasteiger partial charge is 0.328 e. The highest BCUT2D eigenvalue weighted by molar-refractivity contribution is 6.31. The van der Waals surface area contributed by atoms with Crippen LogP contribution in [-0.4, -0.2) is 88.9 Å². The molecule has 3 saturated heterocycles. The first-order valence-electron chi connectivity index (χ1n) is 19.0. The molecule has 1 aliphatic carbocycles. The number of benzene rings is 2. The topological polar surface area (TPSA) is 149 Å². The van der Waals surface area contributed by atoms with Gasteiger partial charge in [-0.3, -0.25) is 19.8 Å². The number of hydrogen-bond acceptors (Lipinski definition) is 9. The van der Waals surface area contributed by atoms with Crippen molar-refractivity contribution in [3.63, 3.8) is 0 Å². The van der Waals surface area contributed by atoms with Gasteiger partial charge in [-0.05, 0) is 93.3 Å². The number of rotatable bonds is 9. The zero-order chi connectivity index (χ0) is 37.2. The average molecular weight is 787 g/mol. The summed E-state index contributed by atoms with van der Waals surface area (Å²) in [4.78, 5) is 43.8. The number of nitriles is 1. The Morgan fingerprint density at radius 3 is 2.51 bits per heavy atom. The minimum Gasteiger partial charge on any atom is -0.490 e. The first-order chi connectivity index (χ1) is 26.3. The molecule has 4 fully saturated rings. The fourth-order valence-corrected chi connectivity index (χ4v) is 8.70. The van der Waals surface area contributed by atoms with E-state index < -0.39 is 0 Å². The number of imide groups is 1. The zero-order valence-corrected chi connectivity index (χ0v) is 32.1. The third-order valence-electron chi connectivity index (χ3n) is 11.4. The normalized spacial score (nSPS) is 22.2. The Hall–Kier alpha value is -4.90. The molecular formula is C40H45Cl2N9O4. The van der Waals surface area contributed by atoms with Gasteiger partial charge in [-0.2, -0.15) is 5.26 Å². The van der Waals surface area contributed by atoms with Crippen LogP contribution in [-0.2, 0) is 4.79 Å². The lowest BCUT2D eigenvalue weighted by molar-refractivity contribution is -0.120. The number of amides is 4. The van der Waals surface area contributed by atoms with Crippen molar-refractivity contribution in [1.82, 2.24) is 30.3 Å². The molecular weight excluding hydrogens is 741 g/mol. The molecule has 8 rings (SSSR count). The van der Waals surface area contributed by atoms with E-state index in [1.54, 1.807) is 29.2 Å². The molecule has 0 bridgehead atoms. The molecule has 0 spiro atoms. The van der Waals surface area contributed by atoms with Crippen LogP contribution in [0.1, 0.15) is 73.5 Å². The van der Waals surface area contributed by atoms with Gasteiger partial charge in [-0.15, -0.1) is 22.6 Å². The van der Waals surface area contributed by atoms with Gasteiger partial charge in [0.1, 0.15) is 11.8 Å². The largest absolute Gasteiger partial charge is 0.490 e. The predicted molar refractivity (Wildman–Crippen MR) is 212 cm³/mol. The van der Waals surface area contributed by atoms with Crippen molar-refractivity contribution < 1.29 is 19.1 Å². The van der Waals surface area contributed by atoms with Crippen molar-refractivity contribution >= 4 is 64.3 Å². The maximum atomic E-state index is 13.0. The monoisotopic (exact) mass is 785 g/mol. The molecule has 1 saturated carbocycles. The number of nitrogens with one attached hydrogen (secondary N) is 2. The van der Waals surface area contributed by atoms with Gasteiger partial charge >= 0.3 is 6.03 Å². The van der Waals surface area contributed by atoms with Crippen molar-refractivity contribution in [2.75, 3.05) is 49.1 Å². The molecule has 0 radical (unpaired) electrons. The number of fused-ring (bicyclic) bond motifs is 1. The van der Waals surface area contributed by atoms with Crippen LogP contribution in [0.5, 0.6) is 5.75 Å². The number of aromatic nitrogens is 3. The number of hydrogen-bond donors (Lipinski definition) is 2. The number of piperidine rings is 1. The summed E-state index contributed by atoms with van der Waals surface area (Å²) in [6, 6.07) is 19.1. The molecule has 0 unspecified atom stereocenters. The summed E-state index contributed by atoms with van der Waals surface area (Å²) < 4.78 is 8.44. The van der Waals surface area contributed by atoms with E-state index in [-0.39, 0.29) is 42.4 Å². The number of urea groups is 1. The Morgan fingerprint density at radius 2 is 1.78 bits per heavy atom. The number of carbonyl (C=O) groups excluding carboxylic acids is 3. The average Bonchev–Trinajstić information content (AvgIpc) is 3.83. The van der Waals surface area contributed by atoms with E-state index in [0.29, 0.717) is 47.0 Å². The predicted octanol–water partition coefficient (Wildman–Crippen LogP) is 6.11. The Morgan fingerprint density at radius 1 is 0.964 bits per heavy atom. The van der Waals surface area contributed by atoms with Gasteiger partial charge in [-0.25, -0.2) is 4.79 Å². The highest BCUT2D eigenvalue weighted by Crippen LogP contribution is 2.34. The fourth-order valence-electron chi connectivity index (χ4n) is 8.49. The van der Waals surface area contributed by atoms with Crippen LogP contribution in [0.25, 0.3) is 10.9 Å². The molecule has 4 aromatic rings. The molecule has 2 aromatic carbocycles. The molecule has 4 amide bonds. The minimum absolute atomic E-state index is 0. The molecule has 5 heterocycles. The Bertz CT molecular complexity index is 2070. The molecule has 15 heteroatoms. The van der Waals surface area contributed by atoms with Gasteiger partial charge in [0, 0.05) is 75.4 Å². The number of ether oxygens (including phenoxy) is 1. The molecule has 55 heavy (non-hydrogen) atoms. The Balaban J connectivity index is 0.00000465. The Labute approximate surface area is 331 Å². The van der Waals surface area contributed by atoms with Crippen molar-refractivity contribution in [2.45, 2.75) is 69.6 Å². The summed E-state index contributed by atoms with van der Waals surface area (Å²) in [7, 11) is 0. The maximum Gasteiger partial charge on any atom is 0.328 e. The van der Waals surface area contributed by atoms with E-state index in [4.69, 9.17) is 21.6 Å². The van der Waals surface area contributed by atoms with Gasteiger partial charge in [0.25, 0.3) is 5.91 Å². The summed E-state index contributed by atoms with van der Waals surface area (Å²) in [5.41, 5.74) is 2.70. The van der Waals surface area contributed by atoms with E-state index in [1.165, 1.54) is 0 Å². The molecule has 4 aliphatic rings. The van der Waals surface area contributed by atoms with E-state index >= 15 is 0 Å². The highest BCUT2D eigenvalue weighted by Gasteiger charge is 2.31. The number of anilines is 2. The van der Waals surface area contributed by atoms with Gasteiger partial charge in [0.2, 0.25) is 5.91 Å². The van der Waals surface area contributed by atoms with Crippen LogP contribution >= 0.6 is 24.0 Å². The third kappa shape index (κ3) is 8.52. The van der Waals surface area contributed by atoms with E-state index in [0.717, 1.165) is 100 Å². The Kier molecular flexibility index (Phi) is 11.8. The molecule has 2 N–H and O–H groups in total. The summed E-state index contributed by atoms with van der Waals surface area (Å²) in [6.07, 6.45) is 8.91. The summed E-state index contributed by atoms with van der Waals surface area (Å²) >= 11 is 6.15.